The van der Waals surface area contributed by atoms with E-state index in [1.807, 2.05) is 4.90 Å². The molecule has 0 saturated carbocycles. The Morgan fingerprint density at radius 3 is 2.42 bits per heavy atom. The highest BCUT2D eigenvalue weighted by atomic mass is 32.2. The van der Waals surface area contributed by atoms with Crippen LogP contribution in [0, 0.1) is 0 Å². The molecule has 2 bridgehead atoms. The second kappa shape index (κ2) is 9.22. The number of thiophene rings is 1. The minimum atomic E-state index is -4.83. The normalized spacial score (nSPS) is 29.9. The van der Waals surface area contributed by atoms with Crippen LogP contribution in [0.15, 0.2) is 46.0 Å². The van der Waals surface area contributed by atoms with Crippen molar-refractivity contribution < 1.29 is 36.5 Å². The van der Waals surface area contributed by atoms with E-state index in [0.717, 1.165) is 11.3 Å². The van der Waals surface area contributed by atoms with E-state index in [-0.39, 0.29) is 35.1 Å². The molecule has 5 rings (SSSR count). The molecule has 8 nitrogen and oxygen atoms in total. The maximum Gasteiger partial charge on any atom is 0.421 e. The highest BCUT2D eigenvalue weighted by molar-refractivity contribution is 7.91. The molecule has 1 aromatic heterocycles. The smallest absolute Gasteiger partial charge is 0.390 e. The van der Waals surface area contributed by atoms with Crippen LogP contribution in [0.3, 0.4) is 0 Å². The number of morpholine rings is 1. The molecule has 1 aromatic carbocycles. The first-order chi connectivity index (χ1) is 16.9. The van der Waals surface area contributed by atoms with E-state index in [1.54, 1.807) is 17.5 Å². The van der Waals surface area contributed by atoms with Crippen LogP contribution in [0.4, 0.5) is 18.9 Å². The van der Waals surface area contributed by atoms with E-state index in [0.29, 0.717) is 38.7 Å². The van der Waals surface area contributed by atoms with Crippen molar-refractivity contribution in [3.63, 3.8) is 0 Å². The van der Waals surface area contributed by atoms with Gasteiger partial charge in [-0.05, 0) is 36.1 Å². The molecule has 13 heteroatoms. The van der Waals surface area contributed by atoms with E-state index in [4.69, 9.17) is 4.74 Å². The van der Waals surface area contributed by atoms with Crippen LogP contribution < -0.4 is 4.90 Å². The monoisotopic (exact) mass is 547 g/mol. The lowest BCUT2D eigenvalue weighted by Gasteiger charge is -2.49. The molecule has 3 aliphatic rings. The summed E-state index contributed by atoms with van der Waals surface area (Å²) in [6, 6.07) is 8.80. The molecule has 0 amide bonds. The number of anilines is 1. The molecule has 4 heterocycles. The van der Waals surface area contributed by atoms with Gasteiger partial charge in [-0.2, -0.15) is 17.5 Å². The van der Waals surface area contributed by atoms with Gasteiger partial charge in [0, 0.05) is 44.8 Å². The average molecular weight is 548 g/mol. The molecule has 0 radical (unpaired) electrons. The molecule has 0 aliphatic carbocycles. The van der Waals surface area contributed by atoms with Gasteiger partial charge in [0.2, 0.25) is 0 Å². The first kappa shape index (κ1) is 25.9. The summed E-state index contributed by atoms with van der Waals surface area (Å²) in [6.07, 6.45) is -5.87. The molecule has 198 valence electrons. The number of rotatable bonds is 5. The fourth-order valence-electron chi connectivity index (χ4n) is 5.16. The fraction of sp³-hybridized carbons (Fsp3) is 0.565. The number of alkyl halides is 3. The van der Waals surface area contributed by atoms with E-state index < -0.39 is 34.1 Å². The van der Waals surface area contributed by atoms with Gasteiger partial charge in [0.05, 0.1) is 24.5 Å². The van der Waals surface area contributed by atoms with E-state index in [2.05, 4.69) is 4.90 Å². The first-order valence-corrected chi connectivity index (χ1v) is 14.0. The Labute approximate surface area is 211 Å². The number of aliphatic hydroxyl groups excluding tert-OH is 1. The van der Waals surface area contributed by atoms with Crippen LogP contribution in [0.25, 0.3) is 0 Å². The highest BCUT2D eigenvalue weighted by Gasteiger charge is 2.51. The SMILES string of the molecule is CC(O)(c1ccc(N2CCN(S(=O)(=O)c3cccs3)C[C@@H]2N2CC3CC(O)C(C2)O3)cc1)C(F)(F)F. The van der Waals surface area contributed by atoms with Crippen LogP contribution >= 0.6 is 11.3 Å². The lowest BCUT2D eigenvalue weighted by atomic mass is 9.95. The maximum atomic E-state index is 13.3. The molecule has 3 aliphatic heterocycles. The maximum absolute atomic E-state index is 13.3. The number of sulfonamides is 1. The number of hydrogen-bond donors (Lipinski definition) is 2. The van der Waals surface area contributed by atoms with Crippen molar-refractivity contribution in [1.82, 2.24) is 9.21 Å². The molecule has 36 heavy (non-hydrogen) atoms. The third-order valence-electron chi connectivity index (χ3n) is 7.29. The zero-order valence-electron chi connectivity index (χ0n) is 19.5. The van der Waals surface area contributed by atoms with Crippen LogP contribution in [-0.4, -0.2) is 91.2 Å². The van der Waals surface area contributed by atoms with Crippen LogP contribution in [0.1, 0.15) is 18.9 Å². The van der Waals surface area contributed by atoms with Gasteiger partial charge in [0.25, 0.3) is 10.0 Å². The van der Waals surface area contributed by atoms with E-state index in [1.165, 1.54) is 28.6 Å². The van der Waals surface area contributed by atoms with Crippen molar-refractivity contribution in [1.29, 1.82) is 0 Å². The zero-order chi connectivity index (χ0) is 25.9. The van der Waals surface area contributed by atoms with Crippen molar-refractivity contribution in [2.45, 2.75) is 53.8 Å². The summed E-state index contributed by atoms with van der Waals surface area (Å²) in [6.45, 7) is 2.30. The molecule has 4 unspecified atom stereocenters. The van der Waals surface area contributed by atoms with Gasteiger partial charge in [-0.3, -0.25) is 4.90 Å². The van der Waals surface area contributed by atoms with Crippen LogP contribution in [-0.2, 0) is 20.4 Å². The minimum absolute atomic E-state index is 0.151. The average Bonchev–Trinajstić information content (AvgIpc) is 3.46. The van der Waals surface area contributed by atoms with Gasteiger partial charge in [-0.25, -0.2) is 8.42 Å². The summed E-state index contributed by atoms with van der Waals surface area (Å²) in [7, 11) is -3.70. The summed E-state index contributed by atoms with van der Waals surface area (Å²) >= 11 is 1.15. The van der Waals surface area contributed by atoms with E-state index in [9.17, 15) is 31.8 Å². The zero-order valence-corrected chi connectivity index (χ0v) is 21.1. The Bertz CT molecular complexity index is 1170. The second-order valence-electron chi connectivity index (χ2n) is 9.64. The molecule has 2 N–H and O–H groups in total. The van der Waals surface area contributed by atoms with Crippen LogP contribution in [0.2, 0.25) is 0 Å². The summed E-state index contributed by atoms with van der Waals surface area (Å²) in [5.74, 6) is 0. The number of hydrogen-bond acceptors (Lipinski definition) is 8. The molecule has 3 saturated heterocycles. The van der Waals surface area contributed by atoms with Crippen molar-refractivity contribution >= 4 is 27.0 Å². The van der Waals surface area contributed by atoms with Crippen molar-refractivity contribution in [3.8, 4) is 0 Å². The highest BCUT2D eigenvalue weighted by Crippen LogP contribution is 2.39. The predicted molar refractivity (Wildman–Crippen MR) is 127 cm³/mol. The number of aliphatic hydroxyl groups is 2. The third-order valence-corrected chi connectivity index (χ3v) is 10.5. The minimum Gasteiger partial charge on any atom is -0.390 e. The largest absolute Gasteiger partial charge is 0.421 e. The molecule has 3 fully saturated rings. The number of piperazine rings is 1. The number of halogens is 3. The Morgan fingerprint density at radius 1 is 1.08 bits per heavy atom. The molecule has 5 atom stereocenters. The molecular formula is C23H28F3N3O5S2. The Balaban J connectivity index is 1.44. The number of nitrogens with zero attached hydrogens (tertiary/aromatic N) is 3. The lowest BCUT2D eigenvalue weighted by Crippen LogP contribution is -2.64. The summed E-state index contributed by atoms with van der Waals surface area (Å²) in [5.41, 5.74) is -2.64. The summed E-state index contributed by atoms with van der Waals surface area (Å²) in [4.78, 5) is 4.06. The molecule has 0 spiro atoms. The molecule has 2 aromatic rings. The first-order valence-electron chi connectivity index (χ1n) is 11.7. The summed E-state index contributed by atoms with van der Waals surface area (Å²) in [5, 5.41) is 22.0. The topological polar surface area (TPSA) is 93.6 Å². The van der Waals surface area contributed by atoms with Gasteiger partial charge in [0.1, 0.15) is 4.21 Å². The molecular weight excluding hydrogens is 519 g/mol. The second-order valence-corrected chi connectivity index (χ2v) is 12.8. The Morgan fingerprint density at radius 2 is 1.81 bits per heavy atom. The number of fused-ring (bicyclic) bond motifs is 2. The van der Waals surface area contributed by atoms with Crippen molar-refractivity contribution in [2.75, 3.05) is 37.6 Å². The van der Waals surface area contributed by atoms with Crippen molar-refractivity contribution in [2.24, 2.45) is 0 Å². The quantitative estimate of drug-likeness (QED) is 0.593. The van der Waals surface area contributed by atoms with Gasteiger partial charge >= 0.3 is 6.18 Å². The van der Waals surface area contributed by atoms with E-state index >= 15 is 0 Å². The van der Waals surface area contributed by atoms with Gasteiger partial charge in [-0.1, -0.05) is 18.2 Å². The Kier molecular flexibility index (Phi) is 6.63. The standard InChI is InChI=1S/C23H28F3N3O5S2/c1-22(31,23(24,25)26)15-4-6-16(7-5-15)29-9-8-28(36(32,33)21-3-2-10-35-21)14-20(29)27-12-17-11-18(30)19(13-27)34-17/h2-7,10,17-20,30-31H,8-9,11-14H2,1H3/t17?,18?,19?,20-,22?/m1/s1. The predicted octanol–water partition coefficient (Wildman–Crippen LogP) is 2.19. The van der Waals surface area contributed by atoms with Crippen molar-refractivity contribution in [3.05, 3.63) is 47.3 Å². The van der Waals surface area contributed by atoms with Gasteiger partial charge < -0.3 is 19.8 Å². The van der Waals surface area contributed by atoms with Crippen LogP contribution in [0.5, 0.6) is 0 Å². The van der Waals surface area contributed by atoms with Gasteiger partial charge in [-0.15, -0.1) is 11.3 Å². The number of likely N-dealkylation sites (tertiary alicyclic amines) is 1. The Hall–Kier alpha value is -1.74. The fourth-order valence-corrected chi connectivity index (χ4v) is 7.73. The number of benzene rings is 1. The lowest BCUT2D eigenvalue weighted by molar-refractivity contribution is -0.258. The third kappa shape index (κ3) is 4.55. The summed E-state index contributed by atoms with van der Waals surface area (Å²) < 4.78 is 74.0. The number of ether oxygens (including phenoxy) is 1. The van der Waals surface area contributed by atoms with Gasteiger partial charge in [0.15, 0.2) is 5.60 Å².